The average molecular weight is 448 g/mol. The minimum Gasteiger partial charge on any atom is -0.488 e. The van der Waals surface area contributed by atoms with Crippen LogP contribution >= 0.6 is 35.6 Å². The summed E-state index contributed by atoms with van der Waals surface area (Å²) in [6.45, 7) is 0.504. The number of rotatable bonds is 7. The van der Waals surface area contributed by atoms with Gasteiger partial charge < -0.3 is 9.47 Å². The van der Waals surface area contributed by atoms with Crippen LogP contribution in [0.4, 0.5) is 0 Å². The molecular weight excluding hydrogens is 430 g/mol. The molecule has 1 aliphatic rings. The number of amides is 1. The number of esters is 1. The number of carbonyl (C=O) groups is 2. The van der Waals surface area contributed by atoms with Gasteiger partial charge in [-0.1, -0.05) is 72.0 Å². The number of thiocarbonyl (C=S) groups is 1. The number of para-hydroxylation sites is 1. The first kappa shape index (κ1) is 21.4. The number of hydrogen-bond donors (Lipinski definition) is 0. The molecule has 2 aromatic rings. The maximum absolute atomic E-state index is 12.7. The van der Waals surface area contributed by atoms with Crippen molar-refractivity contribution in [3.8, 4) is 5.75 Å². The molecule has 1 fully saturated rings. The molecule has 3 rings (SSSR count). The van der Waals surface area contributed by atoms with E-state index in [2.05, 4.69) is 4.74 Å². The Bertz CT molecular complexity index is 977. The Morgan fingerprint density at radius 1 is 1.21 bits per heavy atom. The summed E-state index contributed by atoms with van der Waals surface area (Å²) in [5.74, 6) is 0.0124. The van der Waals surface area contributed by atoms with Gasteiger partial charge in [-0.15, -0.1) is 0 Å². The van der Waals surface area contributed by atoms with Crippen LogP contribution in [0.5, 0.6) is 5.75 Å². The Balaban J connectivity index is 1.75. The van der Waals surface area contributed by atoms with Gasteiger partial charge in [0.05, 0.1) is 18.4 Å². The number of nitrogens with zero attached hydrogens (tertiary/aromatic N) is 1. The van der Waals surface area contributed by atoms with E-state index in [9.17, 15) is 9.59 Å². The fourth-order valence-corrected chi connectivity index (χ4v) is 4.13. The second-order valence-corrected chi connectivity index (χ2v) is 8.16. The molecule has 0 radical (unpaired) electrons. The quantitative estimate of drug-likeness (QED) is 0.349. The fourth-order valence-electron chi connectivity index (χ4n) is 2.64. The van der Waals surface area contributed by atoms with Crippen LogP contribution in [-0.4, -0.2) is 34.8 Å². The standard InChI is InChI=1S/C21H18ClNO4S2/c1-26-19(24)10-11-23-20(25)18(29-21(23)28)12-14-6-3-5-9-17(14)27-13-15-7-2-4-8-16(15)22/h2-9,12H,10-11,13H2,1H3/b18-12+. The third-order valence-corrected chi connectivity index (χ3v) is 5.93. The molecule has 29 heavy (non-hydrogen) atoms. The van der Waals surface area contributed by atoms with E-state index < -0.39 is 0 Å². The molecule has 8 heteroatoms. The molecule has 1 heterocycles. The number of thioether (sulfide) groups is 1. The molecule has 0 saturated carbocycles. The molecule has 1 aliphatic heterocycles. The van der Waals surface area contributed by atoms with Crippen LogP contribution in [0.25, 0.3) is 6.08 Å². The van der Waals surface area contributed by atoms with Gasteiger partial charge in [-0.05, 0) is 18.2 Å². The van der Waals surface area contributed by atoms with Gasteiger partial charge in [-0.3, -0.25) is 14.5 Å². The van der Waals surface area contributed by atoms with Gasteiger partial charge in [-0.2, -0.15) is 0 Å². The first-order valence-corrected chi connectivity index (χ1v) is 10.4. The molecule has 0 aromatic heterocycles. The normalized spacial score (nSPS) is 15.1. The number of methoxy groups -OCH3 is 1. The Labute approximate surface area is 183 Å². The van der Waals surface area contributed by atoms with Crippen molar-refractivity contribution in [1.82, 2.24) is 4.90 Å². The third kappa shape index (κ3) is 5.38. The predicted molar refractivity (Wildman–Crippen MR) is 119 cm³/mol. The van der Waals surface area contributed by atoms with Gasteiger partial charge in [0.15, 0.2) is 0 Å². The fraction of sp³-hybridized carbons (Fsp3) is 0.190. The van der Waals surface area contributed by atoms with E-state index in [0.29, 0.717) is 26.6 Å². The molecular formula is C21H18ClNO4S2. The lowest BCUT2D eigenvalue weighted by Gasteiger charge is -2.13. The maximum atomic E-state index is 12.7. The maximum Gasteiger partial charge on any atom is 0.307 e. The van der Waals surface area contributed by atoms with Crippen LogP contribution in [0.15, 0.2) is 53.4 Å². The minimum absolute atomic E-state index is 0.0910. The van der Waals surface area contributed by atoms with Crippen LogP contribution in [0.1, 0.15) is 17.5 Å². The summed E-state index contributed by atoms with van der Waals surface area (Å²) in [7, 11) is 1.31. The van der Waals surface area contributed by atoms with E-state index in [-0.39, 0.29) is 24.8 Å². The average Bonchev–Trinajstić information content (AvgIpc) is 2.99. The second-order valence-electron chi connectivity index (χ2n) is 6.08. The van der Waals surface area contributed by atoms with Crippen molar-refractivity contribution in [2.45, 2.75) is 13.0 Å². The van der Waals surface area contributed by atoms with Crippen molar-refractivity contribution in [3.63, 3.8) is 0 Å². The Morgan fingerprint density at radius 2 is 1.93 bits per heavy atom. The van der Waals surface area contributed by atoms with E-state index in [1.165, 1.54) is 23.8 Å². The second kappa shape index (κ2) is 9.91. The van der Waals surface area contributed by atoms with Gasteiger partial charge in [0.25, 0.3) is 5.91 Å². The number of benzene rings is 2. The van der Waals surface area contributed by atoms with E-state index in [1.807, 2.05) is 48.5 Å². The van der Waals surface area contributed by atoms with Crippen molar-refractivity contribution < 1.29 is 19.1 Å². The number of halogens is 1. The van der Waals surface area contributed by atoms with Crippen molar-refractivity contribution in [2.24, 2.45) is 0 Å². The van der Waals surface area contributed by atoms with E-state index in [0.717, 1.165) is 11.1 Å². The summed E-state index contributed by atoms with van der Waals surface area (Å²) in [4.78, 5) is 25.9. The summed E-state index contributed by atoms with van der Waals surface area (Å²) in [6, 6.07) is 14.9. The Morgan fingerprint density at radius 3 is 2.69 bits per heavy atom. The van der Waals surface area contributed by atoms with Crippen LogP contribution in [0, 0.1) is 0 Å². The topological polar surface area (TPSA) is 55.8 Å². The minimum atomic E-state index is -0.388. The lowest BCUT2D eigenvalue weighted by atomic mass is 10.1. The van der Waals surface area contributed by atoms with Gasteiger partial charge in [-0.25, -0.2) is 0 Å². The first-order valence-electron chi connectivity index (χ1n) is 8.77. The highest BCUT2D eigenvalue weighted by Gasteiger charge is 2.32. The SMILES string of the molecule is COC(=O)CCN1C(=O)/C(=C\c2ccccc2OCc2ccccc2Cl)SC1=S. The highest BCUT2D eigenvalue weighted by Crippen LogP contribution is 2.34. The molecule has 0 N–H and O–H groups in total. The summed E-state index contributed by atoms with van der Waals surface area (Å²) in [5, 5.41) is 0.636. The molecule has 0 atom stereocenters. The summed E-state index contributed by atoms with van der Waals surface area (Å²) in [6.07, 6.45) is 1.84. The molecule has 5 nitrogen and oxygen atoms in total. The number of hydrogen-bond acceptors (Lipinski definition) is 6. The molecule has 1 amide bonds. The first-order chi connectivity index (χ1) is 14.0. The van der Waals surface area contributed by atoms with Crippen LogP contribution in [0.2, 0.25) is 5.02 Å². The van der Waals surface area contributed by atoms with Crippen molar-refractivity contribution in [1.29, 1.82) is 0 Å². The van der Waals surface area contributed by atoms with Crippen molar-refractivity contribution in [3.05, 3.63) is 69.6 Å². The number of ether oxygens (including phenoxy) is 2. The smallest absolute Gasteiger partial charge is 0.307 e. The summed E-state index contributed by atoms with van der Waals surface area (Å²) < 4.78 is 11.0. The summed E-state index contributed by atoms with van der Waals surface area (Å²) in [5.41, 5.74) is 1.63. The number of carbonyl (C=O) groups excluding carboxylic acids is 2. The van der Waals surface area contributed by atoms with E-state index in [4.69, 9.17) is 28.6 Å². The van der Waals surface area contributed by atoms with Gasteiger partial charge in [0, 0.05) is 22.7 Å². The molecule has 150 valence electrons. The van der Waals surface area contributed by atoms with E-state index >= 15 is 0 Å². The molecule has 0 aliphatic carbocycles. The van der Waals surface area contributed by atoms with Crippen LogP contribution in [-0.2, 0) is 20.9 Å². The highest BCUT2D eigenvalue weighted by atomic mass is 35.5. The third-order valence-electron chi connectivity index (χ3n) is 4.19. The molecule has 0 bridgehead atoms. The van der Waals surface area contributed by atoms with Crippen molar-refractivity contribution >= 4 is 57.9 Å². The largest absolute Gasteiger partial charge is 0.488 e. The molecule has 1 saturated heterocycles. The zero-order valence-corrected chi connectivity index (χ0v) is 18.0. The summed E-state index contributed by atoms with van der Waals surface area (Å²) >= 11 is 12.7. The van der Waals surface area contributed by atoms with Crippen LogP contribution in [0.3, 0.4) is 0 Å². The van der Waals surface area contributed by atoms with Gasteiger partial charge in [0.1, 0.15) is 16.7 Å². The van der Waals surface area contributed by atoms with Gasteiger partial charge in [0.2, 0.25) is 0 Å². The lowest BCUT2D eigenvalue weighted by molar-refractivity contribution is -0.140. The Hall–Kier alpha value is -2.35. The Kier molecular flexibility index (Phi) is 7.30. The molecule has 2 aromatic carbocycles. The predicted octanol–water partition coefficient (Wildman–Crippen LogP) is 4.68. The van der Waals surface area contributed by atoms with Crippen LogP contribution < -0.4 is 4.74 Å². The van der Waals surface area contributed by atoms with E-state index in [1.54, 1.807) is 6.08 Å². The molecule has 0 spiro atoms. The monoisotopic (exact) mass is 447 g/mol. The lowest BCUT2D eigenvalue weighted by Crippen LogP contribution is -2.30. The van der Waals surface area contributed by atoms with Gasteiger partial charge >= 0.3 is 5.97 Å². The zero-order valence-electron chi connectivity index (χ0n) is 15.6. The molecule has 0 unspecified atom stereocenters. The van der Waals surface area contributed by atoms with Crippen molar-refractivity contribution in [2.75, 3.05) is 13.7 Å². The highest BCUT2D eigenvalue weighted by molar-refractivity contribution is 8.26. The zero-order chi connectivity index (χ0) is 20.8.